The quantitative estimate of drug-likeness (QED) is 0.330. The average Bonchev–Trinajstić information content (AvgIpc) is 2.61. The number of likely N-dealkylation sites (N-methyl/N-ethyl adjacent to an activating group) is 1. The van der Waals surface area contributed by atoms with Gasteiger partial charge < -0.3 is 15.5 Å². The molecule has 5 nitrogen and oxygen atoms in total. The van der Waals surface area contributed by atoms with Crippen molar-refractivity contribution in [3.8, 4) is 0 Å². The molecular formula is C19H30F3IN4O. The molecule has 2 atom stereocenters. The van der Waals surface area contributed by atoms with E-state index in [2.05, 4.69) is 15.6 Å². The standard InChI is InChI=1S/C19H29F3N4O.HI/c1-6-11-23-18(24-12-17(27)26(4)5)25-14(3)13(2)15-9-7-8-10-16(15)19(20,21)22;/h7-10,13-14H,6,11-12H2,1-5H3,(H2,23,24,25);1H. The third kappa shape index (κ3) is 8.24. The Balaban J connectivity index is 0.00000729. The van der Waals surface area contributed by atoms with E-state index >= 15 is 0 Å². The number of amides is 1. The normalized spacial score (nSPS) is 13.9. The van der Waals surface area contributed by atoms with Crippen LogP contribution in [0.4, 0.5) is 13.2 Å². The van der Waals surface area contributed by atoms with Crippen molar-refractivity contribution in [2.75, 3.05) is 27.2 Å². The van der Waals surface area contributed by atoms with Gasteiger partial charge in [-0.05, 0) is 25.0 Å². The lowest BCUT2D eigenvalue weighted by atomic mass is 9.90. The lowest BCUT2D eigenvalue weighted by Gasteiger charge is -2.26. The van der Waals surface area contributed by atoms with Crippen molar-refractivity contribution in [2.45, 2.75) is 45.3 Å². The zero-order chi connectivity index (χ0) is 20.6. The topological polar surface area (TPSA) is 56.7 Å². The molecule has 0 aliphatic carbocycles. The van der Waals surface area contributed by atoms with Crippen LogP contribution in [-0.2, 0) is 11.0 Å². The maximum absolute atomic E-state index is 13.3. The molecule has 0 saturated heterocycles. The largest absolute Gasteiger partial charge is 0.416 e. The SMILES string of the molecule is CCCNC(=NCC(=O)N(C)C)NC(C)C(C)c1ccccc1C(F)(F)F.I. The second-order valence-corrected chi connectivity index (χ2v) is 6.69. The van der Waals surface area contributed by atoms with E-state index in [1.807, 2.05) is 6.92 Å². The van der Waals surface area contributed by atoms with E-state index < -0.39 is 17.7 Å². The molecule has 160 valence electrons. The number of benzene rings is 1. The van der Waals surface area contributed by atoms with Gasteiger partial charge in [0.2, 0.25) is 5.91 Å². The van der Waals surface area contributed by atoms with Crippen LogP contribution in [0, 0.1) is 0 Å². The van der Waals surface area contributed by atoms with Gasteiger partial charge in [-0.2, -0.15) is 13.2 Å². The molecule has 0 radical (unpaired) electrons. The Labute approximate surface area is 182 Å². The highest BCUT2D eigenvalue weighted by atomic mass is 127. The number of alkyl halides is 3. The summed E-state index contributed by atoms with van der Waals surface area (Å²) in [4.78, 5) is 17.4. The molecule has 1 aromatic rings. The number of carbonyl (C=O) groups is 1. The van der Waals surface area contributed by atoms with E-state index in [0.717, 1.165) is 12.5 Å². The Morgan fingerprint density at radius 3 is 2.36 bits per heavy atom. The Morgan fingerprint density at radius 2 is 1.82 bits per heavy atom. The fourth-order valence-electron chi connectivity index (χ4n) is 2.45. The number of nitrogens with zero attached hydrogens (tertiary/aromatic N) is 2. The molecule has 2 unspecified atom stereocenters. The minimum absolute atomic E-state index is 0. The van der Waals surface area contributed by atoms with E-state index in [4.69, 9.17) is 0 Å². The summed E-state index contributed by atoms with van der Waals surface area (Å²) in [6, 6.07) is 5.26. The molecule has 0 fully saturated rings. The molecule has 1 rings (SSSR count). The molecule has 0 heterocycles. The molecule has 0 saturated carbocycles. The molecule has 0 spiro atoms. The highest BCUT2D eigenvalue weighted by Gasteiger charge is 2.35. The van der Waals surface area contributed by atoms with Gasteiger partial charge in [-0.3, -0.25) is 4.79 Å². The molecule has 0 aromatic heterocycles. The summed E-state index contributed by atoms with van der Waals surface area (Å²) in [5.74, 6) is -0.160. The Morgan fingerprint density at radius 1 is 1.21 bits per heavy atom. The van der Waals surface area contributed by atoms with Crippen molar-refractivity contribution in [1.82, 2.24) is 15.5 Å². The Kier molecular flexibility index (Phi) is 11.5. The number of halogens is 4. The minimum atomic E-state index is -4.40. The first-order valence-corrected chi connectivity index (χ1v) is 8.99. The summed E-state index contributed by atoms with van der Waals surface area (Å²) in [6.45, 7) is 6.13. The van der Waals surface area contributed by atoms with Gasteiger partial charge in [0, 0.05) is 32.6 Å². The van der Waals surface area contributed by atoms with Crippen LogP contribution in [0.2, 0.25) is 0 Å². The van der Waals surface area contributed by atoms with Crippen molar-refractivity contribution in [3.05, 3.63) is 35.4 Å². The molecular weight excluding hydrogens is 484 g/mol. The molecule has 0 bridgehead atoms. The first kappa shape index (κ1) is 26.5. The van der Waals surface area contributed by atoms with Crippen LogP contribution in [0.25, 0.3) is 0 Å². The highest BCUT2D eigenvalue weighted by Crippen LogP contribution is 2.35. The van der Waals surface area contributed by atoms with Crippen LogP contribution in [0.15, 0.2) is 29.3 Å². The van der Waals surface area contributed by atoms with E-state index in [1.54, 1.807) is 34.0 Å². The molecule has 9 heteroatoms. The predicted octanol–water partition coefficient (Wildman–Crippen LogP) is 3.85. The second-order valence-electron chi connectivity index (χ2n) is 6.69. The second kappa shape index (κ2) is 12.1. The third-order valence-corrected chi connectivity index (χ3v) is 4.28. The molecule has 28 heavy (non-hydrogen) atoms. The lowest BCUT2D eigenvalue weighted by molar-refractivity contribution is -0.138. The number of hydrogen-bond acceptors (Lipinski definition) is 2. The predicted molar refractivity (Wildman–Crippen MR) is 117 cm³/mol. The third-order valence-electron chi connectivity index (χ3n) is 4.28. The minimum Gasteiger partial charge on any atom is -0.356 e. The summed E-state index contributed by atoms with van der Waals surface area (Å²) < 4.78 is 39.9. The Hall–Kier alpha value is -1.52. The van der Waals surface area contributed by atoms with Gasteiger partial charge >= 0.3 is 6.18 Å². The van der Waals surface area contributed by atoms with Gasteiger partial charge in [-0.15, -0.1) is 24.0 Å². The van der Waals surface area contributed by atoms with E-state index in [9.17, 15) is 18.0 Å². The summed E-state index contributed by atoms with van der Waals surface area (Å²) >= 11 is 0. The fraction of sp³-hybridized carbons (Fsp3) is 0.579. The first-order valence-electron chi connectivity index (χ1n) is 8.99. The highest BCUT2D eigenvalue weighted by molar-refractivity contribution is 14.0. The lowest BCUT2D eigenvalue weighted by Crippen LogP contribution is -2.45. The zero-order valence-corrected chi connectivity index (χ0v) is 19.3. The maximum atomic E-state index is 13.3. The summed E-state index contributed by atoms with van der Waals surface area (Å²) in [6.07, 6.45) is -3.55. The van der Waals surface area contributed by atoms with Crippen molar-refractivity contribution >= 4 is 35.8 Å². The van der Waals surface area contributed by atoms with E-state index in [-0.39, 0.29) is 48.0 Å². The van der Waals surface area contributed by atoms with Crippen LogP contribution in [0.1, 0.15) is 44.2 Å². The number of rotatable bonds is 7. The molecule has 1 aromatic carbocycles. The van der Waals surface area contributed by atoms with Crippen molar-refractivity contribution in [2.24, 2.45) is 4.99 Å². The van der Waals surface area contributed by atoms with Gasteiger partial charge in [0.25, 0.3) is 0 Å². The van der Waals surface area contributed by atoms with Gasteiger partial charge in [-0.1, -0.05) is 32.0 Å². The Bertz CT molecular complexity index is 650. The van der Waals surface area contributed by atoms with Crippen molar-refractivity contribution in [3.63, 3.8) is 0 Å². The van der Waals surface area contributed by atoms with E-state index in [0.29, 0.717) is 12.5 Å². The van der Waals surface area contributed by atoms with Crippen LogP contribution in [0.3, 0.4) is 0 Å². The van der Waals surface area contributed by atoms with Crippen molar-refractivity contribution < 1.29 is 18.0 Å². The molecule has 0 aliphatic rings. The monoisotopic (exact) mass is 514 g/mol. The first-order chi connectivity index (χ1) is 12.6. The maximum Gasteiger partial charge on any atom is 0.416 e. The summed E-state index contributed by atoms with van der Waals surface area (Å²) in [5.41, 5.74) is -0.404. The number of carbonyl (C=O) groups excluding carboxylic acids is 1. The number of aliphatic imine (C=N–C) groups is 1. The smallest absolute Gasteiger partial charge is 0.356 e. The van der Waals surface area contributed by atoms with Gasteiger partial charge in [0.05, 0.1) is 5.56 Å². The van der Waals surface area contributed by atoms with E-state index in [1.165, 1.54) is 17.0 Å². The van der Waals surface area contributed by atoms with Gasteiger partial charge in [-0.25, -0.2) is 4.99 Å². The van der Waals surface area contributed by atoms with Crippen LogP contribution >= 0.6 is 24.0 Å². The molecule has 0 aliphatic heterocycles. The molecule has 2 N–H and O–H groups in total. The van der Waals surface area contributed by atoms with Crippen LogP contribution < -0.4 is 10.6 Å². The number of hydrogen-bond donors (Lipinski definition) is 2. The fourth-order valence-corrected chi connectivity index (χ4v) is 2.45. The van der Waals surface area contributed by atoms with Gasteiger partial charge in [0.1, 0.15) is 6.54 Å². The number of nitrogens with one attached hydrogen (secondary N) is 2. The van der Waals surface area contributed by atoms with Crippen molar-refractivity contribution in [1.29, 1.82) is 0 Å². The summed E-state index contributed by atoms with van der Waals surface area (Å²) in [5, 5.41) is 6.22. The zero-order valence-electron chi connectivity index (χ0n) is 16.9. The van der Waals surface area contributed by atoms with Gasteiger partial charge in [0.15, 0.2) is 5.96 Å². The number of guanidine groups is 1. The average molecular weight is 514 g/mol. The molecule has 1 amide bonds. The van der Waals surface area contributed by atoms with Crippen LogP contribution in [-0.4, -0.2) is 50.0 Å². The van der Waals surface area contributed by atoms with Crippen LogP contribution in [0.5, 0.6) is 0 Å². The summed E-state index contributed by atoms with van der Waals surface area (Å²) in [7, 11) is 3.28.